The monoisotopic (exact) mass is 259 g/mol. The lowest BCUT2D eigenvalue weighted by molar-refractivity contribution is 0.275. The molecule has 0 bridgehead atoms. The summed E-state index contributed by atoms with van der Waals surface area (Å²) in [7, 11) is 0. The Morgan fingerprint density at radius 2 is 2.14 bits per heavy atom. The van der Waals surface area contributed by atoms with Gasteiger partial charge in [-0.3, -0.25) is 0 Å². The minimum absolute atomic E-state index is 0.0199. The van der Waals surface area contributed by atoms with Crippen molar-refractivity contribution in [1.82, 2.24) is 0 Å². The van der Waals surface area contributed by atoms with E-state index in [-0.39, 0.29) is 18.4 Å². The van der Waals surface area contributed by atoms with E-state index in [1.165, 1.54) is 0 Å². The van der Waals surface area contributed by atoms with Crippen molar-refractivity contribution < 1.29 is 10.2 Å². The molecule has 3 nitrogen and oxygen atoms in total. The maximum Gasteiger partial charge on any atom is 0.120 e. The van der Waals surface area contributed by atoms with Crippen molar-refractivity contribution in [2.24, 2.45) is 5.73 Å². The lowest BCUT2D eigenvalue weighted by Gasteiger charge is -2.13. The van der Waals surface area contributed by atoms with Crippen molar-refractivity contribution in [3.63, 3.8) is 0 Å². The summed E-state index contributed by atoms with van der Waals surface area (Å²) in [6, 6.07) is 3.14. The van der Waals surface area contributed by atoms with Gasteiger partial charge in [-0.2, -0.15) is 0 Å². The number of nitrogens with two attached hydrogens (primary N) is 1. The van der Waals surface area contributed by atoms with Crippen LogP contribution in [0.5, 0.6) is 5.75 Å². The van der Waals surface area contributed by atoms with Gasteiger partial charge >= 0.3 is 0 Å². The average molecular weight is 260 g/mol. The molecule has 0 amide bonds. The van der Waals surface area contributed by atoms with Crippen molar-refractivity contribution in [3.05, 3.63) is 27.7 Å². The van der Waals surface area contributed by atoms with Crippen LogP contribution >= 0.6 is 15.9 Å². The molecule has 1 unspecified atom stereocenters. The van der Waals surface area contributed by atoms with Crippen molar-refractivity contribution >= 4 is 15.9 Å². The molecule has 0 heterocycles. The third-order valence-electron chi connectivity index (χ3n) is 2.15. The maximum atomic E-state index is 9.63. The molecule has 0 aliphatic heterocycles. The molecule has 78 valence electrons. The van der Waals surface area contributed by atoms with Gasteiger partial charge in [0.1, 0.15) is 5.75 Å². The van der Waals surface area contributed by atoms with Crippen LogP contribution in [-0.2, 0) is 0 Å². The number of phenols is 1. The van der Waals surface area contributed by atoms with Crippen LogP contribution in [0.3, 0.4) is 0 Å². The highest BCUT2D eigenvalue weighted by Gasteiger charge is 2.12. The molecule has 0 saturated carbocycles. The van der Waals surface area contributed by atoms with Gasteiger partial charge in [-0.25, -0.2) is 0 Å². The van der Waals surface area contributed by atoms with Crippen LogP contribution in [0.2, 0.25) is 0 Å². The Morgan fingerprint density at radius 3 is 2.71 bits per heavy atom. The highest BCUT2D eigenvalue weighted by molar-refractivity contribution is 9.10. The second kappa shape index (κ2) is 4.77. The van der Waals surface area contributed by atoms with Gasteiger partial charge in [0.05, 0.1) is 0 Å². The number of aliphatic hydroxyl groups excluding tert-OH is 1. The average Bonchev–Trinajstić information content (AvgIpc) is 2.11. The summed E-state index contributed by atoms with van der Waals surface area (Å²) in [5.41, 5.74) is 7.41. The third kappa shape index (κ3) is 2.47. The quantitative estimate of drug-likeness (QED) is 0.776. The predicted molar refractivity (Wildman–Crippen MR) is 59.2 cm³/mol. The molecule has 0 aromatic heterocycles. The van der Waals surface area contributed by atoms with Crippen LogP contribution in [0.15, 0.2) is 16.6 Å². The van der Waals surface area contributed by atoms with E-state index >= 15 is 0 Å². The molecular formula is C10H14BrNO2. The fraction of sp³-hybridized carbons (Fsp3) is 0.400. The number of halogens is 1. The molecule has 14 heavy (non-hydrogen) atoms. The first-order valence-corrected chi connectivity index (χ1v) is 5.21. The predicted octanol–water partition coefficient (Wildman–Crippen LogP) is 1.85. The van der Waals surface area contributed by atoms with Crippen LogP contribution in [0.4, 0.5) is 0 Å². The van der Waals surface area contributed by atoms with E-state index < -0.39 is 0 Å². The number of aromatic hydroxyl groups is 1. The summed E-state index contributed by atoms with van der Waals surface area (Å²) >= 11 is 3.37. The molecule has 0 fully saturated rings. The molecule has 4 heteroatoms. The number of hydrogen-bond acceptors (Lipinski definition) is 3. The Balaban J connectivity index is 3.02. The Hall–Kier alpha value is -0.580. The van der Waals surface area contributed by atoms with E-state index in [0.29, 0.717) is 12.0 Å². The largest absolute Gasteiger partial charge is 0.508 e. The molecular weight excluding hydrogens is 246 g/mol. The summed E-state index contributed by atoms with van der Waals surface area (Å²) in [5.74, 6) is 0.187. The Labute approximate surface area is 91.7 Å². The highest BCUT2D eigenvalue weighted by atomic mass is 79.9. The topological polar surface area (TPSA) is 66.5 Å². The Kier molecular flexibility index (Phi) is 3.92. The lowest BCUT2D eigenvalue weighted by Crippen LogP contribution is -2.12. The number of aryl methyl sites for hydroxylation is 1. The minimum atomic E-state index is -0.322. The summed E-state index contributed by atoms with van der Waals surface area (Å²) < 4.78 is 0.915. The third-order valence-corrected chi connectivity index (χ3v) is 3.00. The standard InChI is InChI=1S/C10H14BrNO2/c1-6-4-10(14)7(5-8(6)11)9(12)2-3-13/h4-5,9,13-14H,2-3,12H2,1H3. The summed E-state index contributed by atoms with van der Waals surface area (Å²) in [6.07, 6.45) is 0.447. The van der Waals surface area contributed by atoms with E-state index in [9.17, 15) is 5.11 Å². The van der Waals surface area contributed by atoms with Crippen LogP contribution in [-0.4, -0.2) is 16.8 Å². The van der Waals surface area contributed by atoms with Crippen molar-refractivity contribution in [2.45, 2.75) is 19.4 Å². The highest BCUT2D eigenvalue weighted by Crippen LogP contribution is 2.30. The van der Waals surface area contributed by atoms with Gasteiger partial charge in [-0.15, -0.1) is 0 Å². The SMILES string of the molecule is Cc1cc(O)c(C(N)CCO)cc1Br. The van der Waals surface area contributed by atoms with Gasteiger partial charge in [-0.05, 0) is 31.0 Å². The molecule has 1 aromatic rings. The summed E-state index contributed by atoms with van der Waals surface area (Å²) in [4.78, 5) is 0. The number of aliphatic hydroxyl groups is 1. The second-order valence-electron chi connectivity index (χ2n) is 3.28. The van der Waals surface area contributed by atoms with Crippen LogP contribution in [0, 0.1) is 6.92 Å². The van der Waals surface area contributed by atoms with Gasteiger partial charge in [0, 0.05) is 22.7 Å². The first-order valence-electron chi connectivity index (χ1n) is 4.41. The zero-order chi connectivity index (χ0) is 10.7. The number of rotatable bonds is 3. The van der Waals surface area contributed by atoms with Gasteiger partial charge in [0.15, 0.2) is 0 Å². The number of hydrogen-bond donors (Lipinski definition) is 3. The molecule has 0 radical (unpaired) electrons. The van der Waals surface area contributed by atoms with E-state index in [1.807, 2.05) is 6.92 Å². The van der Waals surface area contributed by atoms with E-state index in [4.69, 9.17) is 10.8 Å². The second-order valence-corrected chi connectivity index (χ2v) is 4.13. The first-order chi connectivity index (χ1) is 6.56. The van der Waals surface area contributed by atoms with Crippen LogP contribution in [0.25, 0.3) is 0 Å². The van der Waals surface area contributed by atoms with Crippen molar-refractivity contribution in [3.8, 4) is 5.75 Å². The zero-order valence-electron chi connectivity index (χ0n) is 8.00. The maximum absolute atomic E-state index is 9.63. The van der Waals surface area contributed by atoms with E-state index in [0.717, 1.165) is 10.0 Å². The van der Waals surface area contributed by atoms with Gasteiger partial charge in [0.2, 0.25) is 0 Å². The summed E-state index contributed by atoms with van der Waals surface area (Å²) in [5, 5.41) is 18.4. The lowest BCUT2D eigenvalue weighted by atomic mass is 10.0. The fourth-order valence-electron chi connectivity index (χ4n) is 1.27. The molecule has 1 rings (SSSR count). The Morgan fingerprint density at radius 1 is 1.50 bits per heavy atom. The van der Waals surface area contributed by atoms with Crippen molar-refractivity contribution in [1.29, 1.82) is 0 Å². The smallest absolute Gasteiger partial charge is 0.120 e. The summed E-state index contributed by atoms with van der Waals surface area (Å²) in [6.45, 7) is 1.91. The number of phenolic OH excluding ortho intramolecular Hbond substituents is 1. The normalized spacial score (nSPS) is 12.9. The van der Waals surface area contributed by atoms with Gasteiger partial charge < -0.3 is 15.9 Å². The van der Waals surface area contributed by atoms with E-state index in [2.05, 4.69) is 15.9 Å². The van der Waals surface area contributed by atoms with E-state index in [1.54, 1.807) is 12.1 Å². The van der Waals surface area contributed by atoms with Crippen LogP contribution in [0.1, 0.15) is 23.6 Å². The number of benzene rings is 1. The van der Waals surface area contributed by atoms with Gasteiger partial charge in [-0.1, -0.05) is 15.9 Å². The van der Waals surface area contributed by atoms with Crippen LogP contribution < -0.4 is 5.73 Å². The minimum Gasteiger partial charge on any atom is -0.508 e. The molecule has 0 aliphatic rings. The molecule has 0 spiro atoms. The van der Waals surface area contributed by atoms with Crippen molar-refractivity contribution in [2.75, 3.05) is 6.61 Å². The molecule has 0 saturated heterocycles. The Bertz CT molecular complexity index is 328. The van der Waals surface area contributed by atoms with Gasteiger partial charge in [0.25, 0.3) is 0 Å². The zero-order valence-corrected chi connectivity index (χ0v) is 9.58. The molecule has 1 atom stereocenters. The fourth-order valence-corrected chi connectivity index (χ4v) is 1.63. The molecule has 4 N–H and O–H groups in total. The molecule has 1 aromatic carbocycles. The first kappa shape index (κ1) is 11.5. The molecule has 0 aliphatic carbocycles.